The van der Waals surface area contributed by atoms with E-state index in [1.54, 1.807) is 19.1 Å². The highest BCUT2D eigenvalue weighted by Gasteiger charge is 2.22. The van der Waals surface area contributed by atoms with E-state index in [9.17, 15) is 12.8 Å². The van der Waals surface area contributed by atoms with E-state index in [1.165, 1.54) is 6.26 Å². The van der Waals surface area contributed by atoms with Crippen molar-refractivity contribution in [2.45, 2.75) is 17.9 Å². The molecule has 102 valence electrons. The fourth-order valence-electron chi connectivity index (χ4n) is 1.66. The molecule has 0 spiro atoms. The molecular weight excluding hydrogens is 271 g/mol. The summed E-state index contributed by atoms with van der Waals surface area (Å²) in [4.78, 5) is -0.160. The molecule has 0 aliphatic carbocycles. The normalized spacial score (nSPS) is 13.4. The number of hydrogen-bond donors (Lipinski definition) is 2. The fourth-order valence-corrected chi connectivity index (χ4v) is 2.98. The van der Waals surface area contributed by atoms with E-state index in [2.05, 4.69) is 4.72 Å². The maximum Gasteiger partial charge on any atom is 0.243 e. The quantitative estimate of drug-likeness (QED) is 0.841. The first kappa shape index (κ1) is 13.6. The molecule has 19 heavy (non-hydrogen) atoms. The highest BCUT2D eigenvalue weighted by molar-refractivity contribution is 7.89. The second-order valence-electron chi connectivity index (χ2n) is 4.04. The highest BCUT2D eigenvalue weighted by atomic mass is 32.2. The van der Waals surface area contributed by atoms with Gasteiger partial charge in [-0.25, -0.2) is 17.5 Å². The van der Waals surface area contributed by atoms with Crippen LogP contribution in [0.15, 0.2) is 45.9 Å². The third-order valence-corrected chi connectivity index (χ3v) is 4.18. The van der Waals surface area contributed by atoms with Crippen molar-refractivity contribution in [2.24, 2.45) is 0 Å². The van der Waals surface area contributed by atoms with Crippen LogP contribution in [0.5, 0.6) is 0 Å². The predicted octanol–water partition coefficient (Wildman–Crippen LogP) is 2.04. The minimum absolute atomic E-state index is 0.140. The maximum atomic E-state index is 12.9. The lowest BCUT2D eigenvalue weighted by Gasteiger charge is -2.13. The lowest BCUT2D eigenvalue weighted by Crippen LogP contribution is -2.27. The summed E-state index contributed by atoms with van der Waals surface area (Å²) < 4.78 is 44.7. The van der Waals surface area contributed by atoms with Gasteiger partial charge in [0.15, 0.2) is 0 Å². The van der Waals surface area contributed by atoms with Gasteiger partial charge >= 0.3 is 0 Å². The van der Waals surface area contributed by atoms with E-state index in [0.29, 0.717) is 5.76 Å². The molecule has 3 N–H and O–H groups in total. The van der Waals surface area contributed by atoms with Crippen LogP contribution in [-0.2, 0) is 10.0 Å². The number of rotatable bonds is 4. The Kier molecular flexibility index (Phi) is 3.59. The molecule has 0 aliphatic rings. The van der Waals surface area contributed by atoms with Gasteiger partial charge in [-0.3, -0.25) is 0 Å². The summed E-state index contributed by atoms with van der Waals surface area (Å²) in [6.07, 6.45) is 1.45. The summed E-state index contributed by atoms with van der Waals surface area (Å²) >= 11 is 0. The third kappa shape index (κ3) is 2.94. The summed E-state index contributed by atoms with van der Waals surface area (Å²) in [7, 11) is -3.83. The molecule has 0 amide bonds. The van der Waals surface area contributed by atoms with Crippen LogP contribution in [0.3, 0.4) is 0 Å². The molecular formula is C12H13FN2O3S. The number of sulfonamides is 1. The second-order valence-corrected chi connectivity index (χ2v) is 5.72. The first-order valence-corrected chi connectivity index (χ1v) is 6.99. The van der Waals surface area contributed by atoms with Gasteiger partial charge in [-0.05, 0) is 37.3 Å². The number of nitrogens with one attached hydrogen (secondary N) is 1. The van der Waals surface area contributed by atoms with E-state index in [1.807, 2.05) is 0 Å². The Morgan fingerprint density at radius 2 is 2.11 bits per heavy atom. The Morgan fingerprint density at radius 3 is 2.68 bits per heavy atom. The van der Waals surface area contributed by atoms with Gasteiger partial charge in [0.2, 0.25) is 10.0 Å². The van der Waals surface area contributed by atoms with E-state index < -0.39 is 21.9 Å². The van der Waals surface area contributed by atoms with Crippen LogP contribution in [-0.4, -0.2) is 8.42 Å². The van der Waals surface area contributed by atoms with Gasteiger partial charge in [0, 0.05) is 0 Å². The molecule has 0 fully saturated rings. The van der Waals surface area contributed by atoms with Crippen molar-refractivity contribution < 1.29 is 17.2 Å². The Hall–Kier alpha value is -1.86. The molecule has 1 atom stereocenters. The van der Waals surface area contributed by atoms with Gasteiger partial charge in [0.25, 0.3) is 0 Å². The number of benzene rings is 1. The molecule has 1 unspecified atom stereocenters. The molecule has 2 rings (SSSR count). The van der Waals surface area contributed by atoms with Crippen LogP contribution in [0.4, 0.5) is 10.1 Å². The largest absolute Gasteiger partial charge is 0.468 e. The Morgan fingerprint density at radius 1 is 1.37 bits per heavy atom. The first-order valence-electron chi connectivity index (χ1n) is 5.51. The molecule has 2 aromatic rings. The number of halogens is 1. The predicted molar refractivity (Wildman–Crippen MR) is 68.3 cm³/mol. The van der Waals surface area contributed by atoms with Crippen molar-refractivity contribution >= 4 is 15.7 Å². The summed E-state index contributed by atoms with van der Waals surface area (Å²) in [5.74, 6) is -0.111. The monoisotopic (exact) mass is 284 g/mol. The molecule has 0 bridgehead atoms. The average Bonchev–Trinajstić information content (AvgIpc) is 2.80. The average molecular weight is 284 g/mol. The maximum absolute atomic E-state index is 12.9. The molecule has 0 saturated carbocycles. The van der Waals surface area contributed by atoms with Crippen LogP contribution in [0.2, 0.25) is 0 Å². The molecule has 0 saturated heterocycles. The number of hydrogen-bond acceptors (Lipinski definition) is 4. The third-order valence-electron chi connectivity index (χ3n) is 2.56. The molecule has 1 heterocycles. The van der Waals surface area contributed by atoms with E-state index in [0.717, 1.165) is 18.2 Å². The second kappa shape index (κ2) is 5.02. The highest BCUT2D eigenvalue weighted by Crippen LogP contribution is 2.22. The van der Waals surface area contributed by atoms with Crippen molar-refractivity contribution in [3.63, 3.8) is 0 Å². The van der Waals surface area contributed by atoms with Gasteiger partial charge in [-0.2, -0.15) is 0 Å². The van der Waals surface area contributed by atoms with Crippen LogP contribution in [0, 0.1) is 5.82 Å². The Balaban J connectivity index is 2.28. The van der Waals surface area contributed by atoms with Gasteiger partial charge < -0.3 is 10.2 Å². The number of furan rings is 1. The smallest absolute Gasteiger partial charge is 0.243 e. The lowest BCUT2D eigenvalue weighted by atomic mass is 10.3. The van der Waals surface area contributed by atoms with Crippen molar-refractivity contribution in [3.05, 3.63) is 48.2 Å². The van der Waals surface area contributed by atoms with E-state index >= 15 is 0 Å². The topological polar surface area (TPSA) is 85.3 Å². The molecule has 1 aromatic heterocycles. The summed E-state index contributed by atoms with van der Waals surface area (Å²) in [6, 6.07) is 5.90. The lowest BCUT2D eigenvalue weighted by molar-refractivity contribution is 0.459. The summed E-state index contributed by atoms with van der Waals surface area (Å²) in [6.45, 7) is 1.64. The Labute approximate surface area is 110 Å². The van der Waals surface area contributed by atoms with Crippen LogP contribution >= 0.6 is 0 Å². The van der Waals surface area contributed by atoms with Gasteiger partial charge in [0.05, 0.1) is 18.0 Å². The number of anilines is 1. The standard InChI is InChI=1S/C12H13FN2O3S/c1-8(11-3-2-6-18-11)15-19(16,17)12-5-4-9(13)7-10(12)14/h2-8,15H,14H2,1H3. The van der Waals surface area contributed by atoms with Crippen molar-refractivity contribution in [1.82, 2.24) is 4.72 Å². The molecule has 5 nitrogen and oxygen atoms in total. The molecule has 0 radical (unpaired) electrons. The minimum Gasteiger partial charge on any atom is -0.468 e. The molecule has 1 aromatic carbocycles. The van der Waals surface area contributed by atoms with Crippen molar-refractivity contribution in [2.75, 3.05) is 5.73 Å². The van der Waals surface area contributed by atoms with Gasteiger partial charge in [-0.1, -0.05) is 0 Å². The molecule has 7 heteroatoms. The zero-order valence-corrected chi connectivity index (χ0v) is 10.9. The van der Waals surface area contributed by atoms with Crippen LogP contribution < -0.4 is 10.5 Å². The zero-order valence-electron chi connectivity index (χ0n) is 10.1. The van der Waals surface area contributed by atoms with E-state index in [4.69, 9.17) is 10.2 Å². The number of nitrogen functional groups attached to an aromatic ring is 1. The fraction of sp³-hybridized carbons (Fsp3) is 0.167. The van der Waals surface area contributed by atoms with Crippen LogP contribution in [0.25, 0.3) is 0 Å². The van der Waals surface area contributed by atoms with E-state index in [-0.39, 0.29) is 10.6 Å². The minimum atomic E-state index is -3.83. The van der Waals surface area contributed by atoms with Crippen molar-refractivity contribution in [1.29, 1.82) is 0 Å². The molecule has 0 aliphatic heterocycles. The number of nitrogens with two attached hydrogens (primary N) is 1. The first-order chi connectivity index (χ1) is 8.90. The van der Waals surface area contributed by atoms with Crippen molar-refractivity contribution in [3.8, 4) is 0 Å². The Bertz CT molecular complexity index is 668. The van der Waals surface area contributed by atoms with Gasteiger partial charge in [0.1, 0.15) is 16.5 Å². The summed E-state index contributed by atoms with van der Waals surface area (Å²) in [5, 5.41) is 0. The summed E-state index contributed by atoms with van der Waals surface area (Å²) in [5.41, 5.74) is 5.38. The SMILES string of the molecule is CC(NS(=O)(=O)c1ccc(F)cc1N)c1ccco1. The van der Waals surface area contributed by atoms with Gasteiger partial charge in [-0.15, -0.1) is 0 Å². The van der Waals surface area contributed by atoms with Crippen LogP contribution in [0.1, 0.15) is 18.7 Å². The zero-order chi connectivity index (χ0) is 14.0.